The number of hydrogen-bond donors (Lipinski definition) is 2. The van der Waals surface area contributed by atoms with Crippen molar-refractivity contribution in [1.82, 2.24) is 4.98 Å². The van der Waals surface area contributed by atoms with E-state index in [2.05, 4.69) is 18.8 Å². The molecule has 0 aliphatic rings. The van der Waals surface area contributed by atoms with Crippen molar-refractivity contribution in [2.45, 2.75) is 125 Å². The normalized spacial score (nSPS) is 13.6. The average molecular weight is 608 g/mol. The van der Waals surface area contributed by atoms with Gasteiger partial charge in [0.2, 0.25) is 0 Å². The van der Waals surface area contributed by atoms with E-state index in [1.54, 1.807) is 39.0 Å². The molecule has 1 aromatic heterocycles. The molecule has 1 unspecified atom stereocenters. The fourth-order valence-corrected chi connectivity index (χ4v) is 4.50. The highest BCUT2D eigenvalue weighted by Gasteiger charge is 2.37. The number of allylic oxidation sites excluding steroid dienone is 5. The van der Waals surface area contributed by atoms with Crippen molar-refractivity contribution in [3.8, 4) is 0 Å². The van der Waals surface area contributed by atoms with Gasteiger partial charge in [-0.25, -0.2) is 4.39 Å². The van der Waals surface area contributed by atoms with Gasteiger partial charge in [0, 0.05) is 11.4 Å². The Morgan fingerprint density at radius 2 is 1.68 bits per heavy atom. The highest BCUT2D eigenvalue weighted by atomic mass is 32.2. The Bertz CT molecular complexity index is 969. The lowest BCUT2D eigenvalue weighted by Crippen LogP contribution is -2.19. The Kier molecular flexibility index (Phi) is 21.3. The Hall–Kier alpha value is -1.71. The highest BCUT2D eigenvalue weighted by molar-refractivity contribution is 8.26. The third-order valence-corrected chi connectivity index (χ3v) is 6.69. The van der Waals surface area contributed by atoms with Crippen LogP contribution in [0.4, 0.5) is 17.6 Å². The minimum Gasteiger partial charge on any atom is -0.390 e. The van der Waals surface area contributed by atoms with Crippen molar-refractivity contribution >= 4 is 45.6 Å². The maximum atomic E-state index is 13.6. The quantitative estimate of drug-likeness (QED) is 0.0770. The molecule has 0 saturated carbocycles. The van der Waals surface area contributed by atoms with E-state index in [1.165, 1.54) is 31.2 Å². The lowest BCUT2D eigenvalue weighted by atomic mass is 10.0. The van der Waals surface area contributed by atoms with Gasteiger partial charge in [-0.15, -0.1) is 0 Å². The fourth-order valence-electron chi connectivity index (χ4n) is 3.27. The highest BCUT2D eigenvalue weighted by Crippen LogP contribution is 2.33. The molecule has 0 aromatic carbocycles. The Morgan fingerprint density at radius 3 is 2.12 bits per heavy atom. The number of carbonyl (C=O) groups is 1. The zero-order valence-corrected chi connectivity index (χ0v) is 27.2. The third kappa shape index (κ3) is 18.6. The van der Waals surface area contributed by atoms with Gasteiger partial charge >= 0.3 is 6.18 Å². The van der Waals surface area contributed by atoms with E-state index in [-0.39, 0.29) is 11.4 Å². The molecule has 0 bridgehead atoms. The van der Waals surface area contributed by atoms with Crippen molar-refractivity contribution in [3.63, 3.8) is 0 Å². The number of rotatable bonds is 13. The molecule has 0 radical (unpaired) electrons. The summed E-state index contributed by atoms with van der Waals surface area (Å²) in [4.78, 5) is 15.6. The maximum absolute atomic E-state index is 13.6. The summed E-state index contributed by atoms with van der Waals surface area (Å²) in [7, 11) is 0. The first-order chi connectivity index (χ1) is 18.5. The van der Waals surface area contributed by atoms with E-state index in [1.807, 2.05) is 13.8 Å². The van der Waals surface area contributed by atoms with Gasteiger partial charge < -0.3 is 10.1 Å². The summed E-state index contributed by atoms with van der Waals surface area (Å²) in [6.45, 7) is 15.7. The summed E-state index contributed by atoms with van der Waals surface area (Å²) >= 11 is 6.65. The van der Waals surface area contributed by atoms with Crippen LogP contribution in [0.25, 0.3) is 11.6 Å². The van der Waals surface area contributed by atoms with Crippen LogP contribution in [0.15, 0.2) is 34.8 Å². The summed E-state index contributed by atoms with van der Waals surface area (Å²) in [5.74, 6) is -0.171. The predicted molar refractivity (Wildman–Crippen MR) is 169 cm³/mol. The Morgan fingerprint density at radius 1 is 1.12 bits per heavy atom. The molecule has 3 nitrogen and oxygen atoms in total. The monoisotopic (exact) mass is 607 g/mol. The number of ketones is 1. The van der Waals surface area contributed by atoms with Gasteiger partial charge in [-0.2, -0.15) is 13.2 Å². The van der Waals surface area contributed by atoms with E-state index in [0.29, 0.717) is 26.9 Å². The zero-order chi connectivity index (χ0) is 31.5. The summed E-state index contributed by atoms with van der Waals surface area (Å²) in [6.07, 6.45) is 3.41. The third-order valence-electron chi connectivity index (χ3n) is 5.17. The molecule has 0 fully saturated rings. The van der Waals surface area contributed by atoms with Gasteiger partial charge in [0.25, 0.3) is 0 Å². The van der Waals surface area contributed by atoms with E-state index in [9.17, 15) is 27.5 Å². The van der Waals surface area contributed by atoms with Gasteiger partial charge in [0.1, 0.15) is 6.17 Å². The molecule has 230 valence electrons. The Balaban J connectivity index is 0. The minimum absolute atomic E-state index is 0.171. The molecular formula is C31H49F4NO2S2. The second-order valence-corrected chi connectivity index (χ2v) is 11.6. The van der Waals surface area contributed by atoms with Crippen LogP contribution in [0.1, 0.15) is 119 Å². The average Bonchev–Trinajstić information content (AvgIpc) is 3.29. The van der Waals surface area contributed by atoms with Crippen LogP contribution in [-0.4, -0.2) is 38.0 Å². The second-order valence-electron chi connectivity index (χ2n) is 9.76. The number of hydrogen-bond acceptors (Lipinski definition) is 4. The summed E-state index contributed by atoms with van der Waals surface area (Å²) in [5.41, 5.74) is -0.814. The van der Waals surface area contributed by atoms with Crippen molar-refractivity contribution in [3.05, 3.63) is 46.2 Å². The lowest BCUT2D eigenvalue weighted by Gasteiger charge is -2.16. The molecule has 0 aliphatic carbocycles. The number of aromatic nitrogens is 1. The van der Waals surface area contributed by atoms with E-state index >= 15 is 0 Å². The first-order valence-corrected chi connectivity index (χ1v) is 15.2. The molecule has 1 heterocycles. The number of aliphatic hydroxyl groups is 1. The van der Waals surface area contributed by atoms with E-state index in [0.717, 1.165) is 45.1 Å². The summed E-state index contributed by atoms with van der Waals surface area (Å²) in [6, 6.07) is 3.23. The molecule has 2 N–H and O–H groups in total. The van der Waals surface area contributed by atoms with E-state index < -0.39 is 23.5 Å². The lowest BCUT2D eigenvalue weighted by molar-refractivity contribution is -0.112. The molecule has 0 saturated heterocycles. The van der Waals surface area contributed by atoms with E-state index in [4.69, 9.17) is 12.2 Å². The van der Waals surface area contributed by atoms with Crippen LogP contribution in [0, 0.1) is 0 Å². The van der Waals surface area contributed by atoms with Crippen LogP contribution in [0.3, 0.4) is 0 Å². The van der Waals surface area contributed by atoms with Crippen molar-refractivity contribution in [2.24, 2.45) is 0 Å². The van der Waals surface area contributed by atoms with Crippen LogP contribution in [0.2, 0.25) is 0 Å². The number of Topliss-reactive ketones (excluding diaryl/α,β-unsaturated/α-hetero) is 1. The number of alkyl halides is 4. The van der Waals surface area contributed by atoms with Crippen LogP contribution in [0.5, 0.6) is 0 Å². The molecule has 0 spiro atoms. The topological polar surface area (TPSA) is 53.1 Å². The molecule has 1 aromatic rings. The molecular weight excluding hydrogens is 558 g/mol. The van der Waals surface area contributed by atoms with Gasteiger partial charge in [0.05, 0.1) is 20.3 Å². The number of aromatic amines is 1. The van der Waals surface area contributed by atoms with Crippen molar-refractivity contribution < 1.29 is 27.5 Å². The zero-order valence-electron chi connectivity index (χ0n) is 25.6. The Labute approximate surface area is 249 Å². The number of H-pyrrole nitrogens is 1. The number of thioether (sulfide) groups is 1. The summed E-state index contributed by atoms with van der Waals surface area (Å²) < 4.78 is 53.7. The molecule has 1 rings (SSSR count). The predicted octanol–water partition coefficient (Wildman–Crippen LogP) is 10.8. The first kappa shape index (κ1) is 40.4. The first-order valence-electron chi connectivity index (χ1n) is 14.0. The largest absolute Gasteiger partial charge is 0.415 e. The summed E-state index contributed by atoms with van der Waals surface area (Å²) in [5, 5.41) is 9.74. The SMILES string of the molecule is C/C=C(\C=C(/C(C)F)C(F)(F)F)c1ccc(/C=C(/SC(=S)CCCCCCC(C)(C)O)C(C)=O)[nH]1.CC.CCC. The number of nitrogens with one attached hydrogen (secondary N) is 1. The second kappa shape index (κ2) is 21.1. The van der Waals surface area contributed by atoms with Crippen LogP contribution in [-0.2, 0) is 4.79 Å². The molecule has 0 aliphatic heterocycles. The molecule has 0 amide bonds. The van der Waals surface area contributed by atoms with Crippen LogP contribution < -0.4 is 0 Å². The van der Waals surface area contributed by atoms with Crippen LogP contribution >= 0.6 is 24.0 Å². The van der Waals surface area contributed by atoms with Gasteiger partial charge in [-0.3, -0.25) is 4.79 Å². The fraction of sp³-hybridized carbons (Fsp3) is 0.613. The van der Waals surface area contributed by atoms with Crippen molar-refractivity contribution in [2.75, 3.05) is 0 Å². The number of thiocarbonyl (C=S) groups is 1. The maximum Gasteiger partial charge on any atom is 0.415 e. The number of unbranched alkanes of at least 4 members (excludes halogenated alkanes) is 3. The standard InChI is InChI=1S/C26H35F4NO2S2.C3H8.C2H6/c1-6-19(15-21(17(2)27)26(28,29)30)22-13-12-20(31-22)16-23(18(3)32)35-24(34)11-9-7-8-10-14-25(4,5)33;1-3-2;1-2/h6,12-13,15-17,31,33H,7-11,14H2,1-5H3;3H2,1-2H3;1-2H3/b19-6+,21-15+,23-16+;;. The number of carbonyl (C=O) groups excluding carboxylic acids is 1. The van der Waals surface area contributed by atoms with Crippen molar-refractivity contribution in [1.29, 1.82) is 0 Å². The molecule has 40 heavy (non-hydrogen) atoms. The van der Waals surface area contributed by atoms with Gasteiger partial charge in [-0.1, -0.05) is 83.4 Å². The number of halogens is 4. The minimum atomic E-state index is -4.78. The van der Waals surface area contributed by atoms with Gasteiger partial charge in [0.15, 0.2) is 5.78 Å². The molecule has 9 heteroatoms. The molecule has 1 atom stereocenters. The smallest absolute Gasteiger partial charge is 0.390 e. The van der Waals surface area contributed by atoms with Gasteiger partial charge in [-0.05, 0) is 83.7 Å².